The van der Waals surface area contributed by atoms with E-state index in [4.69, 9.17) is 23.4 Å². The summed E-state index contributed by atoms with van der Waals surface area (Å²) in [6.07, 6.45) is 4.27. The molecule has 0 spiro atoms. The highest BCUT2D eigenvalue weighted by Crippen LogP contribution is 2.31. The molecule has 4 N–H and O–H groups in total. The number of likely N-dealkylation sites (tertiary alicyclic amines) is 1. The first-order valence-corrected chi connectivity index (χ1v) is 26.2. The van der Waals surface area contributed by atoms with Gasteiger partial charge in [-0.25, -0.2) is 28.8 Å². The van der Waals surface area contributed by atoms with Crippen LogP contribution in [0, 0.1) is 25.1 Å². The van der Waals surface area contributed by atoms with Crippen LogP contribution in [0.5, 0.6) is 11.8 Å². The molecule has 1 fully saturated rings. The monoisotopic (exact) mass is 1060 g/mol. The van der Waals surface area contributed by atoms with Crippen molar-refractivity contribution in [3.8, 4) is 22.2 Å². The Kier molecular flexibility index (Phi) is 18.7. The molecular weight excluding hydrogens is 996 g/mol. The second kappa shape index (κ2) is 25.7. The van der Waals surface area contributed by atoms with E-state index in [1.807, 2.05) is 71.3 Å². The Bertz CT molecular complexity index is 3110. The smallest absolute Gasteiger partial charge is 0.340 e. The van der Waals surface area contributed by atoms with Crippen LogP contribution in [-0.2, 0) is 43.3 Å². The number of aryl methyl sites for hydroxylation is 2. The lowest BCUT2D eigenvalue weighted by molar-refractivity contribution is -0.142. The molecule has 1 aliphatic heterocycles. The van der Waals surface area contributed by atoms with Crippen LogP contribution >= 0.6 is 11.3 Å². The Balaban J connectivity index is 0.698. The maximum atomic E-state index is 15.8. The van der Waals surface area contributed by atoms with Crippen molar-refractivity contribution >= 4 is 39.8 Å². The van der Waals surface area contributed by atoms with Crippen LogP contribution in [0.15, 0.2) is 100 Å². The summed E-state index contributed by atoms with van der Waals surface area (Å²) in [4.78, 5) is 55.9. The summed E-state index contributed by atoms with van der Waals surface area (Å²) in [6.45, 7) is 14.8. The van der Waals surface area contributed by atoms with Crippen LogP contribution in [-0.4, -0.2) is 123 Å². The van der Waals surface area contributed by atoms with Crippen LogP contribution < -0.4 is 26.3 Å². The molecule has 4 aromatic heterocycles. The van der Waals surface area contributed by atoms with Crippen molar-refractivity contribution < 1.29 is 42.5 Å². The van der Waals surface area contributed by atoms with Gasteiger partial charge < -0.3 is 49.3 Å². The zero-order chi connectivity index (χ0) is 53.8. The van der Waals surface area contributed by atoms with E-state index in [1.54, 1.807) is 77.1 Å². The van der Waals surface area contributed by atoms with Gasteiger partial charge >= 0.3 is 11.6 Å². The average molecular weight is 1060 g/mol. The summed E-state index contributed by atoms with van der Waals surface area (Å²) in [5, 5.41) is 29.2. The number of halogens is 1. The number of β-amino-alcohol motifs (C(OH)–C–C–N with tert-alkyl or cyclic N) is 1. The first-order chi connectivity index (χ1) is 36.6. The minimum absolute atomic E-state index is 0.0309. The molecule has 2 amide bonds. The SMILES string of the molecule is Cc1ncsc1-c1ccc([C@H](C)NC(=O)[C@@H]2C[C@@H](O)CN2C(=O)[C@@H](NCCOCCOCCOCCn2cc(CNc3cccc(Cc4c(C)c5ccc(Oc6ncccn6)cc5oc4=O)c3F)nn2)C(C)(C)C)cc1. The number of carbonyl (C=O) groups is 2. The molecule has 0 unspecified atom stereocenters. The first kappa shape index (κ1) is 55.2. The molecule has 0 saturated carbocycles. The molecule has 1 saturated heterocycles. The standard InChI is InChI=1S/C55H65FN10O9S/c1-34-43-16-15-42(74-54-58-17-8-18-59-54)29-47(43)75-53(70)44(34)27-39-9-7-10-45(48(39)56)60-30-40-31-65(64-63-40)20-22-72-24-26-73-25-23-71-21-19-57-50(55(4,5)6)52(69)66-32-41(67)28-46(66)51(68)62-35(2)37-11-13-38(14-12-37)49-36(3)61-33-76-49/h7-18,29,31,33,35,41,46,50,57,60,67H,19-28,30,32H2,1-6H3,(H,62,68)/t35-,41+,46-,50+/m0/s1. The van der Waals surface area contributed by atoms with E-state index in [2.05, 4.69) is 41.2 Å². The maximum absolute atomic E-state index is 15.8. The summed E-state index contributed by atoms with van der Waals surface area (Å²) in [5.74, 6) is -0.619. The van der Waals surface area contributed by atoms with Gasteiger partial charge in [0.25, 0.3) is 0 Å². The second-order valence-electron chi connectivity index (χ2n) is 19.7. The number of aliphatic hydroxyl groups excluding tert-OH is 1. The zero-order valence-corrected chi connectivity index (χ0v) is 44.4. The van der Waals surface area contributed by atoms with Crippen LogP contribution in [0.2, 0.25) is 0 Å². The van der Waals surface area contributed by atoms with Gasteiger partial charge in [-0.3, -0.25) is 9.59 Å². The minimum Gasteiger partial charge on any atom is -0.424 e. The van der Waals surface area contributed by atoms with E-state index < -0.39 is 35.0 Å². The third kappa shape index (κ3) is 14.3. The average Bonchev–Trinajstić information content (AvgIpc) is 4.18. The normalized spacial score (nSPS) is 15.5. The number of carbonyl (C=O) groups excluding carboxylic acids is 2. The molecule has 76 heavy (non-hydrogen) atoms. The number of aromatic nitrogens is 6. The molecule has 0 aliphatic carbocycles. The highest BCUT2D eigenvalue weighted by atomic mass is 32.1. The number of benzene rings is 3. The van der Waals surface area contributed by atoms with Crippen LogP contribution in [0.3, 0.4) is 0 Å². The van der Waals surface area contributed by atoms with Crippen molar-refractivity contribution in [2.75, 3.05) is 58.0 Å². The predicted octanol–water partition coefficient (Wildman–Crippen LogP) is 6.94. The molecule has 3 aromatic carbocycles. The van der Waals surface area contributed by atoms with E-state index in [0.717, 1.165) is 21.7 Å². The zero-order valence-electron chi connectivity index (χ0n) is 43.6. The number of hydrogen-bond donors (Lipinski definition) is 4. The molecule has 402 valence electrons. The summed E-state index contributed by atoms with van der Waals surface area (Å²) < 4.78 is 46.0. The number of hydrogen-bond acceptors (Lipinski definition) is 17. The maximum Gasteiger partial charge on any atom is 0.340 e. The highest BCUT2D eigenvalue weighted by molar-refractivity contribution is 7.13. The largest absolute Gasteiger partial charge is 0.424 e. The number of thiazole rings is 1. The van der Waals surface area contributed by atoms with Crippen molar-refractivity contribution in [1.29, 1.82) is 0 Å². The van der Waals surface area contributed by atoms with Gasteiger partial charge in [0.05, 0.1) is 98.9 Å². The van der Waals surface area contributed by atoms with Gasteiger partial charge in [-0.15, -0.1) is 16.4 Å². The summed E-state index contributed by atoms with van der Waals surface area (Å²) >= 11 is 1.58. The number of anilines is 1. The summed E-state index contributed by atoms with van der Waals surface area (Å²) in [5.41, 5.74) is 6.30. The fourth-order valence-electron chi connectivity index (χ4n) is 8.95. The first-order valence-electron chi connectivity index (χ1n) is 25.3. The number of fused-ring (bicyclic) bond motifs is 1. The Morgan fingerprint density at radius 3 is 2.41 bits per heavy atom. The van der Waals surface area contributed by atoms with Crippen molar-refractivity contribution in [2.45, 2.75) is 91.7 Å². The fourth-order valence-corrected chi connectivity index (χ4v) is 9.76. The molecule has 0 radical (unpaired) electrons. The van der Waals surface area contributed by atoms with Gasteiger partial charge in [-0.05, 0) is 72.7 Å². The number of nitrogens with one attached hydrogen (secondary N) is 3. The van der Waals surface area contributed by atoms with Gasteiger partial charge in [0.1, 0.15) is 28.9 Å². The lowest BCUT2D eigenvalue weighted by atomic mass is 9.85. The van der Waals surface area contributed by atoms with Gasteiger partial charge in [0.15, 0.2) is 0 Å². The lowest BCUT2D eigenvalue weighted by Crippen LogP contribution is -2.57. The topological polar surface area (TPSA) is 230 Å². The van der Waals surface area contributed by atoms with E-state index in [1.165, 1.54) is 4.90 Å². The highest BCUT2D eigenvalue weighted by Gasteiger charge is 2.44. The fraction of sp³-hybridized carbons (Fsp3) is 0.418. The summed E-state index contributed by atoms with van der Waals surface area (Å²) in [6, 6.07) is 18.2. The Morgan fingerprint density at radius 2 is 1.68 bits per heavy atom. The third-order valence-corrected chi connectivity index (χ3v) is 14.0. The summed E-state index contributed by atoms with van der Waals surface area (Å²) in [7, 11) is 0. The second-order valence-corrected chi connectivity index (χ2v) is 20.5. The molecule has 21 heteroatoms. The number of amides is 2. The van der Waals surface area contributed by atoms with Crippen LogP contribution in [0.25, 0.3) is 21.4 Å². The van der Waals surface area contributed by atoms with Crippen molar-refractivity contribution in [3.05, 3.63) is 141 Å². The third-order valence-electron chi connectivity index (χ3n) is 13.1. The van der Waals surface area contributed by atoms with Crippen molar-refractivity contribution in [1.82, 2.24) is 45.5 Å². The van der Waals surface area contributed by atoms with Crippen LogP contribution in [0.4, 0.5) is 10.1 Å². The lowest BCUT2D eigenvalue weighted by Gasteiger charge is -2.35. The number of rotatable bonds is 25. The predicted molar refractivity (Wildman–Crippen MR) is 285 cm³/mol. The van der Waals surface area contributed by atoms with Gasteiger partial charge in [-0.1, -0.05) is 62.4 Å². The molecule has 1 aliphatic rings. The quantitative estimate of drug-likeness (QED) is 0.0336. The van der Waals surface area contributed by atoms with E-state index in [-0.39, 0.29) is 55.5 Å². The molecule has 4 atom stereocenters. The molecular formula is C55H65FN10O9S. The van der Waals surface area contributed by atoms with Gasteiger partial charge in [0, 0.05) is 55.3 Å². The van der Waals surface area contributed by atoms with Crippen molar-refractivity contribution in [2.24, 2.45) is 5.41 Å². The van der Waals surface area contributed by atoms with E-state index in [9.17, 15) is 19.5 Å². The number of ether oxygens (including phenoxy) is 4. The van der Waals surface area contributed by atoms with Gasteiger partial charge in [0.2, 0.25) is 11.8 Å². The van der Waals surface area contributed by atoms with Gasteiger partial charge in [-0.2, -0.15) is 0 Å². The molecule has 19 nitrogen and oxygen atoms in total. The molecule has 7 aromatic rings. The Morgan fingerprint density at radius 1 is 0.947 bits per heavy atom. The molecule has 8 rings (SSSR count). The van der Waals surface area contributed by atoms with Crippen LogP contribution in [0.1, 0.15) is 73.8 Å². The number of nitrogens with zero attached hydrogens (tertiary/aromatic N) is 7. The minimum atomic E-state index is -0.808. The molecule has 5 heterocycles. The van der Waals surface area contributed by atoms with E-state index >= 15 is 4.39 Å². The van der Waals surface area contributed by atoms with Crippen molar-refractivity contribution in [3.63, 3.8) is 0 Å². The van der Waals surface area contributed by atoms with E-state index in [0.29, 0.717) is 91.8 Å². The molecule has 0 bridgehead atoms. The number of aliphatic hydroxyl groups is 1. The Hall–Kier alpha value is -7.01. The Labute approximate surface area is 444 Å².